The average molecular weight is 501 g/mol. The smallest absolute Gasteiger partial charge is 0.250 e. The van der Waals surface area contributed by atoms with Crippen molar-refractivity contribution in [2.45, 2.75) is 26.2 Å². The highest BCUT2D eigenvalue weighted by atomic mass is 79.9. The van der Waals surface area contributed by atoms with Crippen LogP contribution in [0, 0.1) is 0 Å². The first-order valence-electron chi connectivity index (χ1n) is 10.1. The number of hydrogen-bond donors (Lipinski definition) is 1. The van der Waals surface area contributed by atoms with Gasteiger partial charge in [0.2, 0.25) is 5.91 Å². The number of rotatable bonds is 10. The Labute approximate surface area is 195 Å². The molecule has 0 saturated carbocycles. The Morgan fingerprint density at radius 1 is 1.16 bits per heavy atom. The number of amides is 1. The van der Waals surface area contributed by atoms with Gasteiger partial charge in [-0.25, -0.2) is 4.98 Å². The summed E-state index contributed by atoms with van der Waals surface area (Å²) in [5.74, 6) is 1.12. The van der Waals surface area contributed by atoms with Gasteiger partial charge in [-0.15, -0.1) is 11.3 Å². The van der Waals surface area contributed by atoms with Crippen LogP contribution >= 0.6 is 27.3 Å². The fourth-order valence-corrected chi connectivity index (χ4v) is 3.83. The van der Waals surface area contributed by atoms with Gasteiger partial charge in [0.05, 0.1) is 19.4 Å². The van der Waals surface area contributed by atoms with Crippen LogP contribution in [0.25, 0.3) is 17.3 Å². The maximum atomic E-state index is 12.3. The highest BCUT2D eigenvalue weighted by Gasteiger charge is 2.08. The van der Waals surface area contributed by atoms with Crippen molar-refractivity contribution in [2.75, 3.05) is 19.0 Å². The second-order valence-electron chi connectivity index (χ2n) is 6.83. The van der Waals surface area contributed by atoms with Crippen LogP contribution in [0.3, 0.4) is 0 Å². The Morgan fingerprint density at radius 2 is 1.97 bits per heavy atom. The lowest BCUT2D eigenvalue weighted by Gasteiger charge is -2.11. The van der Waals surface area contributed by atoms with Gasteiger partial charge in [-0.05, 0) is 42.3 Å². The van der Waals surface area contributed by atoms with E-state index in [2.05, 4.69) is 33.2 Å². The van der Waals surface area contributed by atoms with Gasteiger partial charge in [-0.1, -0.05) is 53.9 Å². The zero-order chi connectivity index (χ0) is 22.1. The number of anilines is 1. The second kappa shape index (κ2) is 11.7. The van der Waals surface area contributed by atoms with E-state index in [0.29, 0.717) is 23.2 Å². The van der Waals surface area contributed by atoms with Gasteiger partial charge >= 0.3 is 0 Å². The normalized spacial score (nSPS) is 10.9. The number of carbonyl (C=O) groups excluding carboxylic acids is 1. The summed E-state index contributed by atoms with van der Waals surface area (Å²) < 4.78 is 12.2. The molecule has 3 aromatic rings. The molecule has 0 aliphatic heterocycles. The number of nitrogens with zero attached hydrogens (tertiary/aromatic N) is 1. The number of unbranched alkanes of at least 4 members (excludes halogenated alkanes) is 2. The number of thiazole rings is 1. The number of ether oxygens (including phenoxy) is 2. The summed E-state index contributed by atoms with van der Waals surface area (Å²) in [5, 5.41) is 5.29. The van der Waals surface area contributed by atoms with Crippen molar-refractivity contribution in [3.8, 4) is 22.8 Å². The van der Waals surface area contributed by atoms with E-state index in [0.717, 1.165) is 40.6 Å². The quantitative estimate of drug-likeness (QED) is 0.245. The van der Waals surface area contributed by atoms with Crippen molar-refractivity contribution in [2.24, 2.45) is 0 Å². The van der Waals surface area contributed by atoms with E-state index in [4.69, 9.17) is 9.47 Å². The Morgan fingerprint density at radius 3 is 2.71 bits per heavy atom. The zero-order valence-corrected chi connectivity index (χ0v) is 20.0. The summed E-state index contributed by atoms with van der Waals surface area (Å²) in [6.45, 7) is 2.83. The van der Waals surface area contributed by atoms with E-state index < -0.39 is 0 Å². The first-order valence-corrected chi connectivity index (χ1v) is 11.8. The zero-order valence-electron chi connectivity index (χ0n) is 17.6. The van der Waals surface area contributed by atoms with Gasteiger partial charge in [-0.3, -0.25) is 10.1 Å². The minimum absolute atomic E-state index is 0.240. The minimum atomic E-state index is -0.240. The molecule has 0 fully saturated rings. The molecule has 3 rings (SSSR count). The van der Waals surface area contributed by atoms with Crippen molar-refractivity contribution < 1.29 is 14.3 Å². The molecule has 0 aliphatic rings. The molecular weight excluding hydrogens is 476 g/mol. The molecule has 1 aromatic heterocycles. The van der Waals surface area contributed by atoms with E-state index in [-0.39, 0.29) is 5.91 Å². The molecule has 1 amide bonds. The van der Waals surface area contributed by atoms with Crippen molar-refractivity contribution >= 4 is 44.4 Å². The summed E-state index contributed by atoms with van der Waals surface area (Å²) in [6, 6.07) is 13.5. The van der Waals surface area contributed by atoms with Crippen molar-refractivity contribution in [1.82, 2.24) is 4.98 Å². The predicted molar refractivity (Wildman–Crippen MR) is 131 cm³/mol. The van der Waals surface area contributed by atoms with Gasteiger partial charge in [0.1, 0.15) is 0 Å². The number of carbonyl (C=O) groups is 1. The lowest BCUT2D eigenvalue weighted by molar-refractivity contribution is -0.111. The Hall–Kier alpha value is -2.64. The Kier molecular flexibility index (Phi) is 8.67. The van der Waals surface area contributed by atoms with E-state index >= 15 is 0 Å². The number of aromatic nitrogens is 1. The van der Waals surface area contributed by atoms with E-state index in [1.165, 1.54) is 17.4 Å². The van der Waals surface area contributed by atoms with Crippen LogP contribution in [0.1, 0.15) is 31.7 Å². The summed E-state index contributed by atoms with van der Waals surface area (Å²) in [7, 11) is 1.61. The molecule has 0 unspecified atom stereocenters. The maximum absolute atomic E-state index is 12.3. The molecule has 0 radical (unpaired) electrons. The van der Waals surface area contributed by atoms with Gasteiger partial charge < -0.3 is 9.47 Å². The van der Waals surface area contributed by atoms with Gasteiger partial charge in [0, 0.05) is 21.5 Å². The second-order valence-corrected chi connectivity index (χ2v) is 8.61. The third-order valence-corrected chi connectivity index (χ3v) is 5.78. The van der Waals surface area contributed by atoms with E-state index in [1.54, 1.807) is 13.2 Å². The maximum Gasteiger partial charge on any atom is 0.250 e. The number of nitrogens with one attached hydrogen (secondary N) is 1. The molecular formula is C24H25BrN2O3S. The molecule has 31 heavy (non-hydrogen) atoms. The predicted octanol–water partition coefficient (Wildman–Crippen LogP) is 6.80. The van der Waals surface area contributed by atoms with Crippen LogP contribution in [0.15, 0.2) is 58.4 Å². The van der Waals surface area contributed by atoms with Crippen LogP contribution in [-0.4, -0.2) is 24.6 Å². The van der Waals surface area contributed by atoms with Gasteiger partial charge in [0.15, 0.2) is 16.6 Å². The van der Waals surface area contributed by atoms with Crippen molar-refractivity contribution in [3.05, 3.63) is 64.0 Å². The number of benzene rings is 2. The molecule has 2 aromatic carbocycles. The third kappa shape index (κ3) is 6.94. The molecule has 7 heteroatoms. The molecule has 1 heterocycles. The van der Waals surface area contributed by atoms with Crippen LogP contribution < -0.4 is 14.8 Å². The topological polar surface area (TPSA) is 60.5 Å². The molecule has 162 valence electrons. The summed E-state index contributed by atoms with van der Waals surface area (Å²) in [5.41, 5.74) is 2.68. The van der Waals surface area contributed by atoms with Gasteiger partial charge in [-0.2, -0.15) is 0 Å². The minimum Gasteiger partial charge on any atom is -0.493 e. The van der Waals surface area contributed by atoms with Crippen LogP contribution in [0.4, 0.5) is 5.13 Å². The van der Waals surface area contributed by atoms with Gasteiger partial charge in [0.25, 0.3) is 0 Å². The van der Waals surface area contributed by atoms with Crippen LogP contribution in [0.2, 0.25) is 0 Å². The van der Waals surface area contributed by atoms with Crippen molar-refractivity contribution in [3.63, 3.8) is 0 Å². The molecule has 1 N–H and O–H groups in total. The molecule has 0 spiro atoms. The first kappa shape index (κ1) is 23.0. The van der Waals surface area contributed by atoms with Crippen LogP contribution in [0.5, 0.6) is 11.5 Å². The summed E-state index contributed by atoms with van der Waals surface area (Å²) >= 11 is 4.82. The number of hydrogen-bond acceptors (Lipinski definition) is 5. The molecule has 0 bridgehead atoms. The molecule has 0 aliphatic carbocycles. The number of halogens is 1. The highest BCUT2D eigenvalue weighted by Crippen LogP contribution is 2.29. The SMILES string of the molecule is CCCCCOc1ccc(/C=C/C(=O)Nc2nc(-c3ccc(Br)cc3)cs2)cc1OC. The Bertz CT molecular complexity index is 1030. The standard InChI is InChI=1S/C24H25BrN2O3S/c1-3-4-5-14-30-21-12-6-17(15-22(21)29-2)7-13-23(28)27-24-26-20(16-31-24)18-8-10-19(25)11-9-18/h6-13,15-16H,3-5,14H2,1-2H3,(H,26,27,28)/b13-7+. The monoisotopic (exact) mass is 500 g/mol. The van der Waals surface area contributed by atoms with E-state index in [9.17, 15) is 4.79 Å². The fourth-order valence-electron chi connectivity index (χ4n) is 2.84. The fraction of sp³-hybridized carbons (Fsp3) is 0.250. The lowest BCUT2D eigenvalue weighted by Crippen LogP contribution is -2.07. The highest BCUT2D eigenvalue weighted by molar-refractivity contribution is 9.10. The molecule has 0 saturated heterocycles. The molecule has 5 nitrogen and oxygen atoms in total. The largest absolute Gasteiger partial charge is 0.493 e. The third-order valence-electron chi connectivity index (χ3n) is 4.49. The van der Waals surface area contributed by atoms with E-state index in [1.807, 2.05) is 47.8 Å². The van der Waals surface area contributed by atoms with Crippen LogP contribution in [-0.2, 0) is 4.79 Å². The van der Waals surface area contributed by atoms with Crippen molar-refractivity contribution in [1.29, 1.82) is 0 Å². The average Bonchev–Trinajstić information content (AvgIpc) is 3.24. The summed E-state index contributed by atoms with van der Waals surface area (Å²) in [6.07, 6.45) is 6.53. The first-order chi connectivity index (χ1) is 15.1. The number of methoxy groups -OCH3 is 1. The molecule has 0 atom stereocenters. The Balaban J connectivity index is 1.59. The summed E-state index contributed by atoms with van der Waals surface area (Å²) in [4.78, 5) is 16.8. The lowest BCUT2D eigenvalue weighted by atomic mass is 10.2.